The van der Waals surface area contributed by atoms with Crippen molar-refractivity contribution in [1.29, 1.82) is 0 Å². The zero-order valence-corrected chi connectivity index (χ0v) is 16.5. The van der Waals surface area contributed by atoms with Gasteiger partial charge in [0.05, 0.1) is 5.69 Å². The molecule has 27 heavy (non-hydrogen) atoms. The van der Waals surface area contributed by atoms with E-state index in [0.717, 1.165) is 55.4 Å². The maximum atomic E-state index is 12.8. The third-order valence-corrected chi connectivity index (χ3v) is 6.34. The number of aromatic nitrogens is 3. The summed E-state index contributed by atoms with van der Waals surface area (Å²) in [4.78, 5) is 19.5. The van der Waals surface area contributed by atoms with Crippen LogP contribution in [0.1, 0.15) is 67.3 Å². The van der Waals surface area contributed by atoms with Crippen molar-refractivity contribution < 1.29 is 9.32 Å². The molecule has 1 aliphatic heterocycles. The molecule has 0 unspecified atom stereocenters. The molecule has 4 rings (SSSR count). The van der Waals surface area contributed by atoms with Gasteiger partial charge in [0.1, 0.15) is 11.6 Å². The van der Waals surface area contributed by atoms with Gasteiger partial charge in [-0.15, -0.1) is 0 Å². The Kier molecular flexibility index (Phi) is 5.32. The highest BCUT2D eigenvalue weighted by molar-refractivity contribution is 5.76. The average Bonchev–Trinajstić information content (AvgIpc) is 3.23. The number of hydrogen-bond acceptors (Lipinski definition) is 4. The summed E-state index contributed by atoms with van der Waals surface area (Å²) in [6.07, 6.45) is 11.5. The van der Waals surface area contributed by atoms with Crippen molar-refractivity contribution in [2.24, 2.45) is 5.92 Å². The molecule has 146 valence electrons. The molecule has 0 N–H and O–H groups in total. The molecular formula is C21H30N4O2. The van der Waals surface area contributed by atoms with Crippen molar-refractivity contribution >= 4 is 5.91 Å². The number of nitrogens with zero attached hydrogens (tertiary/aromatic N) is 4. The number of piperidine rings is 1. The first-order valence-electron chi connectivity index (χ1n) is 10.3. The molecule has 1 amide bonds. The standard InChI is InChI=1S/C21H30N4O2/c1-15-19(16(2)27-23-15)8-9-20(26)24-11-4-7-18(14-24)21-22-10-12-25(21)13-17-5-3-6-17/h10,12,17-18H,3-9,11,13-14H2,1-2H3/t18-/m1/s1. The minimum Gasteiger partial charge on any atom is -0.361 e. The molecule has 2 aromatic rings. The molecular weight excluding hydrogens is 340 g/mol. The number of hydrogen-bond donors (Lipinski definition) is 0. The Bertz CT molecular complexity index is 770. The fourth-order valence-electron chi connectivity index (χ4n) is 4.45. The van der Waals surface area contributed by atoms with Gasteiger partial charge in [-0.1, -0.05) is 11.6 Å². The minimum absolute atomic E-state index is 0.233. The molecule has 6 heteroatoms. The van der Waals surface area contributed by atoms with E-state index in [4.69, 9.17) is 4.52 Å². The Morgan fingerprint density at radius 1 is 1.26 bits per heavy atom. The predicted octanol–water partition coefficient (Wildman–Crippen LogP) is 3.63. The topological polar surface area (TPSA) is 64.2 Å². The fourth-order valence-corrected chi connectivity index (χ4v) is 4.45. The molecule has 3 heterocycles. The van der Waals surface area contributed by atoms with Crippen molar-refractivity contribution in [2.75, 3.05) is 13.1 Å². The molecule has 2 aliphatic rings. The van der Waals surface area contributed by atoms with E-state index in [2.05, 4.69) is 20.9 Å². The van der Waals surface area contributed by atoms with Gasteiger partial charge in [-0.2, -0.15) is 0 Å². The maximum Gasteiger partial charge on any atom is 0.222 e. The smallest absolute Gasteiger partial charge is 0.222 e. The number of aryl methyl sites for hydroxylation is 2. The quantitative estimate of drug-likeness (QED) is 0.779. The van der Waals surface area contributed by atoms with Gasteiger partial charge in [-0.3, -0.25) is 4.79 Å². The van der Waals surface area contributed by atoms with Gasteiger partial charge in [-0.05, 0) is 51.9 Å². The van der Waals surface area contributed by atoms with Crippen molar-refractivity contribution in [3.05, 3.63) is 35.2 Å². The molecule has 0 aromatic carbocycles. The second-order valence-corrected chi connectivity index (χ2v) is 8.22. The molecule has 1 saturated carbocycles. The number of imidazole rings is 1. The zero-order valence-electron chi connectivity index (χ0n) is 16.5. The summed E-state index contributed by atoms with van der Waals surface area (Å²) in [5.41, 5.74) is 1.97. The van der Waals surface area contributed by atoms with E-state index < -0.39 is 0 Å². The Hall–Kier alpha value is -2.11. The zero-order chi connectivity index (χ0) is 18.8. The third-order valence-electron chi connectivity index (χ3n) is 6.34. The Morgan fingerprint density at radius 3 is 2.81 bits per heavy atom. The van der Waals surface area contributed by atoms with Crippen LogP contribution < -0.4 is 0 Å². The first-order valence-corrected chi connectivity index (χ1v) is 10.3. The minimum atomic E-state index is 0.233. The predicted molar refractivity (Wildman–Crippen MR) is 102 cm³/mol. The third kappa shape index (κ3) is 3.94. The van der Waals surface area contributed by atoms with Gasteiger partial charge in [-0.25, -0.2) is 4.98 Å². The van der Waals surface area contributed by atoms with Gasteiger partial charge in [0.15, 0.2) is 0 Å². The van der Waals surface area contributed by atoms with Crippen molar-refractivity contribution in [2.45, 2.75) is 71.3 Å². The summed E-state index contributed by atoms with van der Waals surface area (Å²) >= 11 is 0. The SMILES string of the molecule is Cc1noc(C)c1CCC(=O)N1CCC[C@@H](c2nccn2CC2CCC2)C1. The van der Waals surface area contributed by atoms with Crippen LogP contribution in [-0.4, -0.2) is 38.6 Å². The monoisotopic (exact) mass is 370 g/mol. The van der Waals surface area contributed by atoms with E-state index in [-0.39, 0.29) is 5.91 Å². The molecule has 1 aliphatic carbocycles. The number of carbonyl (C=O) groups is 1. The Morgan fingerprint density at radius 2 is 2.11 bits per heavy atom. The summed E-state index contributed by atoms with van der Waals surface area (Å²) in [6, 6.07) is 0. The molecule has 1 saturated heterocycles. The van der Waals surface area contributed by atoms with Crippen LogP contribution in [0.25, 0.3) is 0 Å². The first-order chi connectivity index (χ1) is 13.1. The van der Waals surface area contributed by atoms with Gasteiger partial charge in [0, 0.05) is 49.9 Å². The molecule has 0 bridgehead atoms. The number of likely N-dealkylation sites (tertiary alicyclic amines) is 1. The summed E-state index contributed by atoms with van der Waals surface area (Å²) in [5.74, 6) is 3.41. The normalized spacial score (nSPS) is 20.7. The average molecular weight is 370 g/mol. The van der Waals surface area contributed by atoms with Gasteiger partial charge in [0.25, 0.3) is 0 Å². The van der Waals surface area contributed by atoms with Crippen LogP contribution in [0.2, 0.25) is 0 Å². The lowest BCUT2D eigenvalue weighted by Crippen LogP contribution is -2.40. The highest BCUT2D eigenvalue weighted by atomic mass is 16.5. The van der Waals surface area contributed by atoms with Crippen molar-refractivity contribution in [3.63, 3.8) is 0 Å². The van der Waals surface area contributed by atoms with Crippen molar-refractivity contribution in [1.82, 2.24) is 19.6 Å². The first kappa shape index (κ1) is 18.3. The summed E-state index contributed by atoms with van der Waals surface area (Å²) in [6.45, 7) is 6.60. The molecule has 2 aromatic heterocycles. The van der Waals surface area contributed by atoms with Crippen LogP contribution in [0, 0.1) is 19.8 Å². The lowest BCUT2D eigenvalue weighted by atomic mass is 9.85. The van der Waals surface area contributed by atoms with E-state index in [9.17, 15) is 4.79 Å². The second kappa shape index (κ2) is 7.87. The molecule has 2 fully saturated rings. The van der Waals surface area contributed by atoms with E-state index in [1.807, 2.05) is 24.9 Å². The van der Waals surface area contributed by atoms with E-state index >= 15 is 0 Å². The van der Waals surface area contributed by atoms with Gasteiger partial charge >= 0.3 is 0 Å². The maximum absolute atomic E-state index is 12.8. The summed E-state index contributed by atoms with van der Waals surface area (Å²) < 4.78 is 7.55. The highest BCUT2D eigenvalue weighted by Crippen LogP contribution is 2.31. The summed E-state index contributed by atoms with van der Waals surface area (Å²) in [7, 11) is 0. The molecule has 1 atom stereocenters. The van der Waals surface area contributed by atoms with Crippen LogP contribution >= 0.6 is 0 Å². The molecule has 0 spiro atoms. The van der Waals surface area contributed by atoms with Crippen LogP contribution in [0.4, 0.5) is 0 Å². The number of rotatable bonds is 6. The Labute approximate surface area is 160 Å². The second-order valence-electron chi connectivity index (χ2n) is 8.22. The largest absolute Gasteiger partial charge is 0.361 e. The molecule has 6 nitrogen and oxygen atoms in total. The number of amides is 1. The lowest BCUT2D eigenvalue weighted by Gasteiger charge is -2.34. The van der Waals surface area contributed by atoms with E-state index in [0.29, 0.717) is 18.8 Å². The van der Waals surface area contributed by atoms with Crippen LogP contribution in [-0.2, 0) is 17.8 Å². The Balaban J connectivity index is 1.36. The van der Waals surface area contributed by atoms with Crippen LogP contribution in [0.3, 0.4) is 0 Å². The highest BCUT2D eigenvalue weighted by Gasteiger charge is 2.28. The summed E-state index contributed by atoms with van der Waals surface area (Å²) in [5, 5.41) is 3.99. The van der Waals surface area contributed by atoms with Crippen LogP contribution in [0.5, 0.6) is 0 Å². The van der Waals surface area contributed by atoms with E-state index in [1.165, 1.54) is 25.1 Å². The molecule has 0 radical (unpaired) electrons. The van der Waals surface area contributed by atoms with Crippen LogP contribution in [0.15, 0.2) is 16.9 Å². The van der Waals surface area contributed by atoms with Crippen molar-refractivity contribution in [3.8, 4) is 0 Å². The van der Waals surface area contributed by atoms with Gasteiger partial charge < -0.3 is 14.0 Å². The van der Waals surface area contributed by atoms with E-state index in [1.54, 1.807) is 0 Å². The lowest BCUT2D eigenvalue weighted by molar-refractivity contribution is -0.132. The fraction of sp³-hybridized carbons (Fsp3) is 0.667. The number of carbonyl (C=O) groups excluding carboxylic acids is 1. The van der Waals surface area contributed by atoms with Gasteiger partial charge in [0.2, 0.25) is 5.91 Å².